The van der Waals surface area contributed by atoms with Gasteiger partial charge in [-0.1, -0.05) is 31.5 Å². The first-order valence-corrected chi connectivity index (χ1v) is 7.82. The Kier molecular flexibility index (Phi) is 5.20. The summed E-state index contributed by atoms with van der Waals surface area (Å²) >= 11 is 0. The second-order valence-corrected chi connectivity index (χ2v) is 6.25. The van der Waals surface area contributed by atoms with Gasteiger partial charge in [0.2, 0.25) is 5.88 Å². The number of aromatic hydroxyl groups is 1. The van der Waals surface area contributed by atoms with E-state index in [9.17, 15) is 15.2 Å². The van der Waals surface area contributed by atoms with Crippen molar-refractivity contribution in [3.8, 4) is 11.9 Å². The zero-order chi connectivity index (χ0) is 17.9. The van der Waals surface area contributed by atoms with Gasteiger partial charge in [-0.3, -0.25) is 14.4 Å². The van der Waals surface area contributed by atoms with Crippen molar-refractivity contribution < 1.29 is 5.11 Å². The minimum atomic E-state index is -0.464. The number of hydrogen-bond acceptors (Lipinski definition) is 4. The van der Waals surface area contributed by atoms with Gasteiger partial charge < -0.3 is 5.11 Å². The minimum absolute atomic E-state index is 0.0406. The molecule has 2 aromatic rings. The van der Waals surface area contributed by atoms with Crippen LogP contribution in [-0.4, -0.2) is 15.9 Å². The summed E-state index contributed by atoms with van der Waals surface area (Å²) in [6.45, 7) is 7.86. The van der Waals surface area contributed by atoms with Gasteiger partial charge >= 0.3 is 0 Å². The molecule has 1 heterocycles. The molecule has 24 heavy (non-hydrogen) atoms. The van der Waals surface area contributed by atoms with Crippen LogP contribution in [0, 0.1) is 31.1 Å². The lowest BCUT2D eigenvalue weighted by Crippen LogP contribution is -2.27. The molecule has 1 aromatic carbocycles. The molecule has 2 rings (SSSR count). The molecule has 0 bridgehead atoms. The fraction of sp³-hybridized carbons (Fsp3) is 0.316. The van der Waals surface area contributed by atoms with E-state index >= 15 is 0 Å². The summed E-state index contributed by atoms with van der Waals surface area (Å²) in [7, 11) is 0. The molecule has 0 radical (unpaired) electrons. The van der Waals surface area contributed by atoms with E-state index in [1.54, 1.807) is 6.92 Å². The molecule has 0 amide bonds. The highest BCUT2D eigenvalue weighted by atomic mass is 16.3. The molecule has 0 atom stereocenters. The largest absolute Gasteiger partial charge is 0.494 e. The van der Waals surface area contributed by atoms with Crippen LogP contribution in [0.25, 0.3) is 0 Å². The third kappa shape index (κ3) is 3.54. The monoisotopic (exact) mass is 323 g/mol. The number of rotatable bonds is 4. The van der Waals surface area contributed by atoms with E-state index in [2.05, 4.69) is 4.99 Å². The molecule has 1 N–H and O–H groups in total. The van der Waals surface area contributed by atoms with Crippen LogP contribution in [0.2, 0.25) is 0 Å². The summed E-state index contributed by atoms with van der Waals surface area (Å²) in [4.78, 5) is 16.7. The van der Waals surface area contributed by atoms with Crippen molar-refractivity contribution in [3.05, 3.63) is 56.9 Å². The second kappa shape index (κ2) is 7.14. The first-order chi connectivity index (χ1) is 11.3. The Hall–Kier alpha value is -2.87. The Morgan fingerprint density at radius 1 is 1.29 bits per heavy atom. The molecule has 5 nitrogen and oxygen atoms in total. The van der Waals surface area contributed by atoms with E-state index in [1.807, 2.05) is 51.1 Å². The fourth-order valence-electron chi connectivity index (χ4n) is 2.43. The summed E-state index contributed by atoms with van der Waals surface area (Å²) in [5, 5.41) is 19.8. The Labute approximate surface area is 141 Å². The van der Waals surface area contributed by atoms with Crippen molar-refractivity contribution in [3.63, 3.8) is 0 Å². The maximum Gasteiger partial charge on any atom is 0.271 e. The third-order valence-electron chi connectivity index (χ3n) is 3.77. The molecule has 0 saturated carbocycles. The summed E-state index contributed by atoms with van der Waals surface area (Å²) in [5.41, 5.74) is 2.28. The van der Waals surface area contributed by atoms with Crippen LogP contribution in [-0.2, 0) is 6.54 Å². The lowest BCUT2D eigenvalue weighted by atomic mass is 10.1. The van der Waals surface area contributed by atoms with Crippen LogP contribution in [0.5, 0.6) is 5.88 Å². The second-order valence-electron chi connectivity index (χ2n) is 6.25. The van der Waals surface area contributed by atoms with Gasteiger partial charge in [0.25, 0.3) is 5.56 Å². The molecule has 0 spiro atoms. The van der Waals surface area contributed by atoms with Crippen LogP contribution in [0.15, 0.2) is 34.1 Å². The van der Waals surface area contributed by atoms with Gasteiger partial charge in [-0.25, -0.2) is 0 Å². The number of nitrogens with zero attached hydrogens (tertiary/aromatic N) is 3. The number of hydrogen-bond donors (Lipinski definition) is 1. The molecule has 0 fully saturated rings. The predicted octanol–water partition coefficient (Wildman–Crippen LogP) is 3.45. The van der Waals surface area contributed by atoms with Gasteiger partial charge in [0.15, 0.2) is 0 Å². The molecular weight excluding hydrogens is 302 g/mol. The van der Waals surface area contributed by atoms with Gasteiger partial charge in [-0.05, 0) is 37.5 Å². The van der Waals surface area contributed by atoms with Crippen molar-refractivity contribution in [2.24, 2.45) is 10.9 Å². The number of aryl methyl sites for hydroxylation is 1. The van der Waals surface area contributed by atoms with E-state index in [0.717, 1.165) is 11.3 Å². The maximum absolute atomic E-state index is 12.4. The van der Waals surface area contributed by atoms with Crippen LogP contribution in [0.1, 0.15) is 36.1 Å². The summed E-state index contributed by atoms with van der Waals surface area (Å²) < 4.78 is 1.24. The van der Waals surface area contributed by atoms with Crippen molar-refractivity contribution in [1.82, 2.24) is 4.57 Å². The number of aromatic nitrogens is 1. The number of benzene rings is 1. The lowest BCUT2D eigenvalue weighted by molar-refractivity contribution is 0.381. The zero-order valence-corrected chi connectivity index (χ0v) is 14.4. The normalized spacial score (nSPS) is 11.2. The molecular formula is C19H21N3O2. The number of pyridine rings is 1. The highest BCUT2D eigenvalue weighted by Gasteiger charge is 2.18. The molecule has 0 aliphatic carbocycles. The van der Waals surface area contributed by atoms with E-state index in [0.29, 0.717) is 17.7 Å². The highest BCUT2D eigenvalue weighted by molar-refractivity contribution is 5.87. The van der Waals surface area contributed by atoms with Crippen molar-refractivity contribution in [1.29, 1.82) is 5.26 Å². The molecule has 124 valence electrons. The van der Waals surface area contributed by atoms with Crippen LogP contribution in [0.3, 0.4) is 0 Å². The minimum Gasteiger partial charge on any atom is -0.494 e. The van der Waals surface area contributed by atoms with Crippen molar-refractivity contribution in [2.75, 3.05) is 0 Å². The summed E-state index contributed by atoms with van der Waals surface area (Å²) in [6.07, 6.45) is 1.51. The quantitative estimate of drug-likeness (QED) is 0.875. The summed E-state index contributed by atoms with van der Waals surface area (Å²) in [5.74, 6) is 0.00537. The smallest absolute Gasteiger partial charge is 0.271 e. The first-order valence-electron chi connectivity index (χ1n) is 7.82. The molecule has 0 aliphatic rings. The standard InChI is InChI=1S/C19H21N3O2/c1-12(2)11-22-18(23)16(9-20)14(4)17(19(22)24)10-21-15-7-5-13(3)6-8-15/h5-8,10,12,24H,11H2,1-4H3. The predicted molar refractivity (Wildman–Crippen MR) is 95.1 cm³/mol. The fourth-order valence-corrected chi connectivity index (χ4v) is 2.43. The van der Waals surface area contributed by atoms with Gasteiger partial charge in [0.05, 0.1) is 11.3 Å². The van der Waals surface area contributed by atoms with Crippen LogP contribution in [0.4, 0.5) is 5.69 Å². The van der Waals surface area contributed by atoms with E-state index in [-0.39, 0.29) is 17.4 Å². The third-order valence-corrected chi connectivity index (χ3v) is 3.77. The van der Waals surface area contributed by atoms with E-state index in [4.69, 9.17) is 0 Å². The van der Waals surface area contributed by atoms with E-state index < -0.39 is 5.56 Å². The SMILES string of the molecule is Cc1ccc(N=Cc2c(C)c(C#N)c(=O)n(CC(C)C)c2O)cc1. The van der Waals surface area contributed by atoms with Crippen molar-refractivity contribution in [2.45, 2.75) is 34.2 Å². The zero-order valence-electron chi connectivity index (χ0n) is 14.4. The molecule has 0 saturated heterocycles. The number of aliphatic imine (C=N–C) groups is 1. The number of nitriles is 1. The molecule has 0 aliphatic heterocycles. The Morgan fingerprint density at radius 2 is 1.92 bits per heavy atom. The van der Waals surface area contributed by atoms with Crippen LogP contribution >= 0.6 is 0 Å². The molecule has 5 heteroatoms. The van der Waals surface area contributed by atoms with Gasteiger partial charge in [0.1, 0.15) is 11.6 Å². The van der Waals surface area contributed by atoms with Crippen molar-refractivity contribution >= 4 is 11.9 Å². The van der Waals surface area contributed by atoms with Gasteiger partial charge in [-0.15, -0.1) is 0 Å². The Morgan fingerprint density at radius 3 is 2.46 bits per heavy atom. The highest BCUT2D eigenvalue weighted by Crippen LogP contribution is 2.22. The van der Waals surface area contributed by atoms with E-state index in [1.165, 1.54) is 10.8 Å². The molecule has 0 unspecified atom stereocenters. The molecule has 1 aromatic heterocycles. The first kappa shape index (κ1) is 17.5. The average Bonchev–Trinajstić information content (AvgIpc) is 2.53. The van der Waals surface area contributed by atoms with Gasteiger partial charge in [-0.2, -0.15) is 5.26 Å². The lowest BCUT2D eigenvalue weighted by Gasteiger charge is -2.15. The topological polar surface area (TPSA) is 78.4 Å². The van der Waals surface area contributed by atoms with Crippen LogP contribution < -0.4 is 5.56 Å². The Balaban J connectivity index is 2.58. The van der Waals surface area contributed by atoms with Gasteiger partial charge in [0, 0.05) is 12.8 Å². The average molecular weight is 323 g/mol. The summed E-state index contributed by atoms with van der Waals surface area (Å²) in [6, 6.07) is 9.57. The maximum atomic E-state index is 12.4. The Bertz CT molecular complexity index is 869.